The minimum atomic E-state index is -3.47. The van der Waals surface area contributed by atoms with E-state index in [9.17, 15) is 9.36 Å². The van der Waals surface area contributed by atoms with E-state index in [1.54, 1.807) is 20.8 Å². The van der Waals surface area contributed by atoms with Gasteiger partial charge < -0.3 is 18.5 Å². The number of epoxide rings is 1. The number of carbonyl (C=O) groups excluding carboxylic acids is 1. The highest BCUT2D eigenvalue weighted by Crippen LogP contribution is 2.55. The highest BCUT2D eigenvalue weighted by molar-refractivity contribution is 7.55. The lowest BCUT2D eigenvalue weighted by Gasteiger charge is -2.24. The number of hydrogen-bond donors (Lipinski definition) is 0. The van der Waals surface area contributed by atoms with Crippen molar-refractivity contribution in [1.29, 1.82) is 0 Å². The Bertz CT molecular complexity index is 332. The van der Waals surface area contributed by atoms with Gasteiger partial charge in [0.2, 0.25) is 0 Å². The van der Waals surface area contributed by atoms with Crippen LogP contribution in [0.2, 0.25) is 0 Å². The van der Waals surface area contributed by atoms with Crippen molar-refractivity contribution in [2.24, 2.45) is 0 Å². The summed E-state index contributed by atoms with van der Waals surface area (Å²) in [6.45, 7) is 6.67. The molecule has 1 saturated heterocycles. The molecular formula is C13H25O6P. The second-order valence-electron chi connectivity index (χ2n) is 4.53. The van der Waals surface area contributed by atoms with Crippen LogP contribution in [0.15, 0.2) is 0 Å². The van der Waals surface area contributed by atoms with Crippen molar-refractivity contribution in [3.8, 4) is 0 Å². The minimum Gasteiger partial charge on any atom is -0.465 e. The molecule has 1 aliphatic rings. The van der Waals surface area contributed by atoms with E-state index in [1.807, 2.05) is 0 Å². The van der Waals surface area contributed by atoms with Gasteiger partial charge in [-0.15, -0.1) is 0 Å². The summed E-state index contributed by atoms with van der Waals surface area (Å²) in [7, 11) is -3.47. The van der Waals surface area contributed by atoms with Crippen molar-refractivity contribution < 1.29 is 27.9 Å². The second kappa shape index (κ2) is 8.78. The SMILES string of the molecule is CCOC(=O)C(CCCC1CO1)P(=O)(OCC)OCC. The molecule has 0 radical (unpaired) electrons. The monoisotopic (exact) mass is 308 g/mol. The summed E-state index contributed by atoms with van der Waals surface area (Å²) < 4.78 is 33.4. The molecule has 0 bridgehead atoms. The van der Waals surface area contributed by atoms with Crippen LogP contribution in [0, 0.1) is 0 Å². The zero-order chi connectivity index (χ0) is 15.0. The molecule has 0 amide bonds. The van der Waals surface area contributed by atoms with Crippen LogP contribution < -0.4 is 0 Å². The molecule has 2 unspecified atom stereocenters. The molecule has 0 N–H and O–H groups in total. The van der Waals surface area contributed by atoms with Gasteiger partial charge in [-0.1, -0.05) is 0 Å². The summed E-state index contributed by atoms with van der Waals surface area (Å²) in [5.74, 6) is -0.505. The van der Waals surface area contributed by atoms with E-state index >= 15 is 0 Å². The van der Waals surface area contributed by atoms with Crippen molar-refractivity contribution in [3.63, 3.8) is 0 Å². The predicted octanol–water partition coefficient (Wildman–Crippen LogP) is 2.75. The van der Waals surface area contributed by atoms with Gasteiger partial charge in [0, 0.05) is 0 Å². The highest BCUT2D eigenvalue weighted by Gasteiger charge is 2.42. The fourth-order valence-electron chi connectivity index (χ4n) is 1.99. The Balaban J connectivity index is 2.69. The molecule has 0 aromatic heterocycles. The van der Waals surface area contributed by atoms with Crippen LogP contribution in [0.3, 0.4) is 0 Å². The molecule has 0 aromatic rings. The third-order valence-electron chi connectivity index (χ3n) is 2.96. The van der Waals surface area contributed by atoms with Gasteiger partial charge in [0.25, 0.3) is 0 Å². The van der Waals surface area contributed by atoms with E-state index < -0.39 is 19.2 Å². The van der Waals surface area contributed by atoms with Crippen LogP contribution in [0.4, 0.5) is 0 Å². The molecule has 0 aromatic carbocycles. The Hall–Kier alpha value is -0.420. The molecule has 7 heteroatoms. The first kappa shape index (κ1) is 17.6. The number of carbonyl (C=O) groups is 1. The Morgan fingerprint density at radius 1 is 1.25 bits per heavy atom. The maximum Gasteiger partial charge on any atom is 0.344 e. The maximum atomic E-state index is 12.7. The summed E-state index contributed by atoms with van der Waals surface area (Å²) in [4.78, 5) is 12.0. The Kier molecular flexibility index (Phi) is 7.74. The molecule has 118 valence electrons. The van der Waals surface area contributed by atoms with Crippen LogP contribution in [0.1, 0.15) is 40.0 Å². The summed E-state index contributed by atoms with van der Waals surface area (Å²) in [6, 6.07) is 0. The van der Waals surface area contributed by atoms with E-state index in [0.717, 1.165) is 19.4 Å². The molecular weight excluding hydrogens is 283 g/mol. The molecule has 1 rings (SSSR count). The third kappa shape index (κ3) is 5.52. The molecule has 1 aliphatic heterocycles. The summed E-state index contributed by atoms with van der Waals surface area (Å²) >= 11 is 0. The molecule has 1 heterocycles. The Labute approximate surface area is 120 Å². The van der Waals surface area contributed by atoms with Crippen LogP contribution >= 0.6 is 7.60 Å². The topological polar surface area (TPSA) is 74.4 Å². The zero-order valence-electron chi connectivity index (χ0n) is 12.5. The molecule has 0 spiro atoms. The lowest BCUT2D eigenvalue weighted by atomic mass is 10.1. The summed E-state index contributed by atoms with van der Waals surface area (Å²) in [6.07, 6.45) is 2.30. The predicted molar refractivity (Wildman–Crippen MR) is 74.9 cm³/mol. The van der Waals surface area contributed by atoms with Gasteiger partial charge in [0.15, 0.2) is 5.66 Å². The first-order valence-electron chi connectivity index (χ1n) is 7.24. The van der Waals surface area contributed by atoms with Gasteiger partial charge in [-0.2, -0.15) is 0 Å². The van der Waals surface area contributed by atoms with Gasteiger partial charge in [0.1, 0.15) is 0 Å². The van der Waals surface area contributed by atoms with E-state index in [4.69, 9.17) is 18.5 Å². The minimum absolute atomic E-state index is 0.235. The maximum absolute atomic E-state index is 12.7. The van der Waals surface area contributed by atoms with Gasteiger partial charge >= 0.3 is 13.6 Å². The lowest BCUT2D eigenvalue weighted by Crippen LogP contribution is -2.26. The Morgan fingerprint density at radius 2 is 1.85 bits per heavy atom. The normalized spacial score (nSPS) is 19.6. The molecule has 0 saturated carbocycles. The third-order valence-corrected chi connectivity index (χ3v) is 5.43. The van der Waals surface area contributed by atoms with Crippen LogP contribution in [-0.4, -0.2) is 44.2 Å². The molecule has 20 heavy (non-hydrogen) atoms. The smallest absolute Gasteiger partial charge is 0.344 e. The average molecular weight is 308 g/mol. The molecule has 2 atom stereocenters. The van der Waals surface area contributed by atoms with Crippen molar-refractivity contribution in [3.05, 3.63) is 0 Å². The van der Waals surface area contributed by atoms with Gasteiger partial charge in [-0.3, -0.25) is 9.36 Å². The van der Waals surface area contributed by atoms with E-state index in [2.05, 4.69) is 0 Å². The second-order valence-corrected chi connectivity index (χ2v) is 6.75. The first-order valence-corrected chi connectivity index (χ1v) is 8.85. The van der Waals surface area contributed by atoms with E-state index in [-0.39, 0.29) is 25.9 Å². The number of hydrogen-bond acceptors (Lipinski definition) is 6. The fourth-order valence-corrected chi connectivity index (χ4v) is 3.98. The quantitative estimate of drug-likeness (QED) is 0.332. The van der Waals surface area contributed by atoms with Gasteiger partial charge in [-0.25, -0.2) is 0 Å². The van der Waals surface area contributed by atoms with E-state index in [0.29, 0.717) is 6.42 Å². The van der Waals surface area contributed by atoms with Gasteiger partial charge in [-0.05, 0) is 40.0 Å². The summed E-state index contributed by atoms with van der Waals surface area (Å²) in [5.41, 5.74) is -0.846. The van der Waals surface area contributed by atoms with Crippen molar-refractivity contribution in [2.45, 2.75) is 51.8 Å². The standard InChI is InChI=1S/C13H25O6P/c1-4-16-13(14)12(9-7-8-11-10-17-11)20(15,18-5-2)19-6-3/h11-12H,4-10H2,1-3H3. The first-order chi connectivity index (χ1) is 9.57. The van der Waals surface area contributed by atoms with Crippen molar-refractivity contribution in [2.75, 3.05) is 26.4 Å². The van der Waals surface area contributed by atoms with Crippen LogP contribution in [0.5, 0.6) is 0 Å². The van der Waals surface area contributed by atoms with Gasteiger partial charge in [0.05, 0.1) is 32.5 Å². The number of esters is 1. The average Bonchev–Trinajstić information content (AvgIpc) is 3.19. The van der Waals surface area contributed by atoms with Crippen LogP contribution in [-0.2, 0) is 27.9 Å². The number of ether oxygens (including phenoxy) is 2. The number of rotatable bonds is 11. The van der Waals surface area contributed by atoms with E-state index in [1.165, 1.54) is 0 Å². The molecule has 1 fully saturated rings. The molecule has 0 aliphatic carbocycles. The molecule has 6 nitrogen and oxygen atoms in total. The lowest BCUT2D eigenvalue weighted by molar-refractivity contribution is -0.143. The summed E-state index contributed by atoms with van der Waals surface area (Å²) in [5, 5.41) is 0. The Morgan fingerprint density at radius 3 is 2.30 bits per heavy atom. The zero-order valence-corrected chi connectivity index (χ0v) is 13.4. The largest absolute Gasteiger partial charge is 0.465 e. The van der Waals surface area contributed by atoms with Crippen molar-refractivity contribution in [1.82, 2.24) is 0 Å². The fraction of sp³-hybridized carbons (Fsp3) is 0.923. The van der Waals surface area contributed by atoms with Crippen LogP contribution in [0.25, 0.3) is 0 Å². The van der Waals surface area contributed by atoms with Crippen molar-refractivity contribution >= 4 is 13.6 Å². The highest BCUT2D eigenvalue weighted by atomic mass is 31.2.